The third-order valence-corrected chi connectivity index (χ3v) is 6.03. The first-order valence-electron chi connectivity index (χ1n) is 12.4. The van der Waals surface area contributed by atoms with Crippen LogP contribution in [-0.4, -0.2) is 84.5 Å². The number of ether oxygens (including phenoxy) is 2. The Kier molecular flexibility index (Phi) is 10.6. The number of benzene rings is 2. The number of carbonyl (C=O) groups is 6. The van der Waals surface area contributed by atoms with Gasteiger partial charge in [0.2, 0.25) is 17.7 Å². The van der Waals surface area contributed by atoms with Crippen LogP contribution >= 0.6 is 0 Å². The van der Waals surface area contributed by atoms with Crippen LogP contribution in [0.2, 0.25) is 0 Å². The highest BCUT2D eigenvalue weighted by Gasteiger charge is 2.38. The summed E-state index contributed by atoms with van der Waals surface area (Å²) in [7, 11) is 1.07. The molecule has 212 valence electrons. The molecule has 0 unspecified atom stereocenters. The van der Waals surface area contributed by atoms with E-state index in [1.807, 2.05) is 0 Å². The van der Waals surface area contributed by atoms with Gasteiger partial charge in [-0.15, -0.1) is 0 Å². The minimum absolute atomic E-state index is 0.101. The van der Waals surface area contributed by atoms with E-state index < -0.39 is 60.8 Å². The first kappa shape index (κ1) is 29.6. The molecule has 2 atom stereocenters. The molecular weight excluding hydrogens is 524 g/mol. The number of para-hydroxylation sites is 2. The summed E-state index contributed by atoms with van der Waals surface area (Å²) in [5.74, 6) is -4.94. The Hall–Kier alpha value is -4.94. The first-order chi connectivity index (χ1) is 19.2. The lowest BCUT2D eigenvalue weighted by Gasteiger charge is -2.25. The summed E-state index contributed by atoms with van der Waals surface area (Å²) < 4.78 is 9.64. The molecule has 40 heavy (non-hydrogen) atoms. The Bertz CT molecular complexity index is 1250. The number of amides is 4. The predicted octanol–water partition coefficient (Wildman–Crippen LogP) is 0.0962. The number of aliphatic carboxylic acids is 1. The molecule has 0 aromatic heterocycles. The summed E-state index contributed by atoms with van der Waals surface area (Å²) in [4.78, 5) is 74.8. The molecule has 2 aromatic carbocycles. The third-order valence-electron chi connectivity index (χ3n) is 6.03. The van der Waals surface area contributed by atoms with Gasteiger partial charge in [0.1, 0.15) is 17.8 Å². The van der Waals surface area contributed by atoms with Crippen molar-refractivity contribution in [1.82, 2.24) is 15.5 Å². The lowest BCUT2D eigenvalue weighted by Crippen LogP contribution is -2.55. The fourth-order valence-corrected chi connectivity index (χ4v) is 4.13. The Morgan fingerprint density at radius 1 is 1.02 bits per heavy atom. The van der Waals surface area contributed by atoms with Gasteiger partial charge in [-0.05, 0) is 30.5 Å². The van der Waals surface area contributed by atoms with E-state index in [4.69, 9.17) is 9.84 Å². The molecule has 4 N–H and O–H groups in total. The van der Waals surface area contributed by atoms with Crippen molar-refractivity contribution in [1.29, 1.82) is 0 Å². The molecule has 0 radical (unpaired) electrons. The number of nitrogens with one attached hydrogen (secondary N) is 3. The summed E-state index contributed by atoms with van der Waals surface area (Å²) in [5, 5.41) is 16.5. The number of hydrogen-bond donors (Lipinski definition) is 4. The van der Waals surface area contributed by atoms with E-state index >= 15 is 0 Å². The first-order valence-corrected chi connectivity index (χ1v) is 12.4. The second kappa shape index (κ2) is 14.3. The quantitative estimate of drug-likeness (QED) is 0.221. The van der Waals surface area contributed by atoms with Gasteiger partial charge in [0.25, 0.3) is 0 Å². The highest BCUT2D eigenvalue weighted by molar-refractivity contribution is 6.32. The van der Waals surface area contributed by atoms with Gasteiger partial charge in [0, 0.05) is 13.0 Å². The van der Waals surface area contributed by atoms with Gasteiger partial charge >= 0.3 is 17.8 Å². The van der Waals surface area contributed by atoms with Crippen molar-refractivity contribution in [2.45, 2.75) is 31.3 Å². The van der Waals surface area contributed by atoms with Crippen molar-refractivity contribution in [3.63, 3.8) is 0 Å². The van der Waals surface area contributed by atoms with Crippen molar-refractivity contribution in [2.75, 3.05) is 32.1 Å². The number of nitrogens with zero attached hydrogens (tertiary/aromatic N) is 1. The average Bonchev–Trinajstić information content (AvgIpc) is 3.45. The van der Waals surface area contributed by atoms with E-state index in [-0.39, 0.29) is 24.4 Å². The van der Waals surface area contributed by atoms with Crippen molar-refractivity contribution in [3.05, 3.63) is 60.2 Å². The lowest BCUT2D eigenvalue weighted by molar-refractivity contribution is -0.159. The van der Waals surface area contributed by atoms with Gasteiger partial charge < -0.3 is 35.4 Å². The summed E-state index contributed by atoms with van der Waals surface area (Å²) in [6, 6.07) is 13.1. The number of carboxylic acids is 1. The van der Waals surface area contributed by atoms with Crippen molar-refractivity contribution in [3.8, 4) is 5.75 Å². The van der Waals surface area contributed by atoms with Crippen LogP contribution in [0.25, 0.3) is 0 Å². The SMILES string of the molecule is COC(=O)C(=O)N1CCC[C@H]1C(=O)N[C@H](Cc1ccccc1)C(=O)NCC(=O)Nc1ccccc1OCC(=O)O. The molecule has 2 aromatic rings. The number of carboxylic acid groups (broad SMARTS) is 1. The molecule has 1 aliphatic rings. The van der Waals surface area contributed by atoms with Crippen molar-refractivity contribution < 1.29 is 43.3 Å². The average molecular weight is 555 g/mol. The molecule has 1 aliphatic heterocycles. The van der Waals surface area contributed by atoms with Crippen molar-refractivity contribution in [2.24, 2.45) is 0 Å². The minimum Gasteiger partial charge on any atom is -0.480 e. The molecular formula is C27H30N4O9. The zero-order valence-corrected chi connectivity index (χ0v) is 21.8. The van der Waals surface area contributed by atoms with E-state index in [0.717, 1.165) is 17.6 Å². The molecule has 1 saturated heterocycles. The molecule has 0 saturated carbocycles. The van der Waals surface area contributed by atoms with Gasteiger partial charge in [-0.2, -0.15) is 0 Å². The Morgan fingerprint density at radius 3 is 2.42 bits per heavy atom. The van der Waals surface area contributed by atoms with Crippen LogP contribution in [0.4, 0.5) is 5.69 Å². The summed E-state index contributed by atoms with van der Waals surface area (Å²) in [6.07, 6.45) is 0.901. The molecule has 0 aliphatic carbocycles. The van der Waals surface area contributed by atoms with Crippen LogP contribution in [0.1, 0.15) is 18.4 Å². The Morgan fingerprint density at radius 2 is 1.73 bits per heavy atom. The van der Waals surface area contributed by atoms with Crippen LogP contribution in [0.3, 0.4) is 0 Å². The monoisotopic (exact) mass is 554 g/mol. The van der Waals surface area contributed by atoms with Gasteiger partial charge in [-0.1, -0.05) is 42.5 Å². The second-order valence-corrected chi connectivity index (χ2v) is 8.84. The molecule has 0 bridgehead atoms. The highest BCUT2D eigenvalue weighted by atomic mass is 16.5. The number of methoxy groups -OCH3 is 1. The molecule has 13 nitrogen and oxygen atoms in total. The van der Waals surface area contributed by atoms with Gasteiger partial charge in [0.15, 0.2) is 6.61 Å². The van der Waals surface area contributed by atoms with Gasteiger partial charge in [-0.25, -0.2) is 9.59 Å². The smallest absolute Gasteiger partial charge is 0.396 e. The lowest BCUT2D eigenvalue weighted by atomic mass is 10.0. The fraction of sp³-hybridized carbons (Fsp3) is 0.333. The van der Waals surface area contributed by atoms with E-state index in [1.54, 1.807) is 42.5 Å². The molecule has 1 fully saturated rings. The number of carbonyl (C=O) groups excluding carboxylic acids is 5. The number of esters is 1. The number of likely N-dealkylation sites (tertiary alicyclic amines) is 1. The van der Waals surface area contributed by atoms with Crippen LogP contribution in [-0.2, 0) is 39.9 Å². The van der Waals surface area contributed by atoms with Crippen LogP contribution in [0, 0.1) is 0 Å². The van der Waals surface area contributed by atoms with E-state index in [1.165, 1.54) is 12.1 Å². The maximum absolute atomic E-state index is 13.1. The zero-order chi connectivity index (χ0) is 29.1. The fourth-order valence-electron chi connectivity index (χ4n) is 4.13. The maximum Gasteiger partial charge on any atom is 0.396 e. The topological polar surface area (TPSA) is 180 Å². The Labute approximate surface area is 229 Å². The number of hydrogen-bond acceptors (Lipinski definition) is 8. The molecule has 3 rings (SSSR count). The Balaban J connectivity index is 1.66. The van der Waals surface area contributed by atoms with E-state index in [2.05, 4.69) is 20.7 Å². The zero-order valence-electron chi connectivity index (χ0n) is 21.8. The van der Waals surface area contributed by atoms with Gasteiger partial charge in [0.05, 0.1) is 19.3 Å². The predicted molar refractivity (Wildman–Crippen MR) is 140 cm³/mol. The standard InChI is InChI=1S/C27H30N4O9/c1-39-27(38)26(37)31-13-7-11-20(31)25(36)30-19(14-17-8-3-2-4-9-17)24(35)28-15-22(32)29-18-10-5-6-12-21(18)40-16-23(33)34/h2-6,8-10,12,19-20H,7,11,13-16H2,1H3,(H,28,35)(H,29,32)(H,30,36)(H,33,34)/t19-,20+/m1/s1. The molecule has 4 amide bonds. The molecule has 0 spiro atoms. The number of anilines is 1. The maximum atomic E-state index is 13.1. The minimum atomic E-state index is -1.18. The van der Waals surface area contributed by atoms with Crippen LogP contribution < -0.4 is 20.7 Å². The second-order valence-electron chi connectivity index (χ2n) is 8.84. The largest absolute Gasteiger partial charge is 0.480 e. The summed E-state index contributed by atoms with van der Waals surface area (Å²) in [5.41, 5.74) is 0.958. The van der Waals surface area contributed by atoms with Gasteiger partial charge in [-0.3, -0.25) is 19.2 Å². The molecule has 1 heterocycles. The normalized spacial score (nSPS) is 14.9. The highest BCUT2D eigenvalue weighted by Crippen LogP contribution is 2.23. The van der Waals surface area contributed by atoms with Crippen molar-refractivity contribution >= 4 is 41.3 Å². The summed E-state index contributed by atoms with van der Waals surface area (Å²) >= 11 is 0. The third kappa shape index (κ3) is 8.28. The summed E-state index contributed by atoms with van der Waals surface area (Å²) in [6.45, 7) is -0.864. The van der Waals surface area contributed by atoms with E-state index in [9.17, 15) is 28.8 Å². The molecule has 13 heteroatoms. The van der Waals surface area contributed by atoms with Crippen LogP contribution in [0.15, 0.2) is 54.6 Å². The van der Waals surface area contributed by atoms with Crippen LogP contribution in [0.5, 0.6) is 5.75 Å². The number of rotatable bonds is 11. The van der Waals surface area contributed by atoms with E-state index in [0.29, 0.717) is 12.8 Å².